The van der Waals surface area contributed by atoms with Gasteiger partial charge in [-0.1, -0.05) is 133 Å². The van der Waals surface area contributed by atoms with E-state index in [0.717, 1.165) is 22.8 Å². The molecule has 0 fully saturated rings. The van der Waals surface area contributed by atoms with E-state index in [1.54, 1.807) is 283 Å². The molecule has 0 aliphatic carbocycles. The molecule has 0 spiro atoms. The number of nitrogens with two attached hydrogens (primary N) is 1. The van der Waals surface area contributed by atoms with E-state index in [1.165, 1.54) is 53.7 Å². The Morgan fingerprint density at radius 1 is 0.326 bits per heavy atom. The molecule has 45 heteroatoms. The van der Waals surface area contributed by atoms with Crippen molar-refractivity contribution in [2.24, 2.45) is 0 Å². The molecule has 6 rings (SSSR count). The minimum Gasteiger partial charge on any atom is -0.457 e. The third-order valence-corrected chi connectivity index (χ3v) is 68.8. The lowest BCUT2D eigenvalue weighted by atomic mass is 10.1. The van der Waals surface area contributed by atoms with Gasteiger partial charge in [0.15, 0.2) is 5.56 Å². The molecular weight excluding hydrogens is 1770 g/mol. The number of rotatable bonds is 13. The average Bonchev–Trinajstić information content (AvgIpc) is 2.87. The molecule has 480 valence electrons. The van der Waals surface area contributed by atoms with Crippen LogP contribution in [0.5, 0.6) is 0 Å². The molecule has 0 unspecified atom stereocenters. The number of anilines is 1. The number of nitro benzene ring substituents is 1. The first-order valence-electron chi connectivity index (χ1n) is 22.4. The highest BCUT2D eigenvalue weighted by Gasteiger charge is 2.29. The van der Waals surface area contributed by atoms with Crippen molar-refractivity contribution < 1.29 is 43.0 Å². The van der Waals surface area contributed by atoms with Crippen LogP contribution in [0.1, 0.15) is 63.7 Å². The van der Waals surface area contributed by atoms with Gasteiger partial charge >= 0.3 is 23.9 Å². The van der Waals surface area contributed by atoms with Gasteiger partial charge in [0.1, 0.15) is 26.4 Å². The second-order valence-electron chi connectivity index (χ2n) is 13.9. The summed E-state index contributed by atoms with van der Waals surface area (Å²) in [6, 6.07) is 44.8. The van der Waals surface area contributed by atoms with Crippen molar-refractivity contribution in [3.05, 3.63) is 212 Å². The quantitative estimate of drug-likeness (QED) is 0.0385. The maximum absolute atomic E-state index is 12.6. The number of nitrogen functional groups attached to an aromatic ring is 1. The van der Waals surface area contributed by atoms with Gasteiger partial charge in [-0.25, -0.2) is 19.2 Å². The Bertz CT molecular complexity index is 4710. The molecule has 0 amide bonds. The summed E-state index contributed by atoms with van der Waals surface area (Å²) in [4.78, 5) is 60.8. The van der Waals surface area contributed by atoms with E-state index < -0.39 is 40.1 Å². The minimum absolute atomic E-state index is 0.0199. The molecule has 12 nitrogen and oxygen atoms in total. The highest BCUT2D eigenvalue weighted by atomic mass is 33.5. The van der Waals surface area contributed by atoms with Crippen molar-refractivity contribution in [3.8, 4) is 0 Å². The zero-order valence-electron chi connectivity index (χ0n) is 43.4. The molecule has 0 radical (unpaired) electrons. The normalized spacial score (nSPS) is 9.12. The Hall–Kier alpha value is -0.340. The van der Waals surface area contributed by atoms with E-state index >= 15 is 0 Å². The van der Waals surface area contributed by atoms with Crippen molar-refractivity contribution in [2.75, 3.05) is 5.73 Å². The summed E-state index contributed by atoms with van der Waals surface area (Å²) in [6.45, 7) is 0.0879. The first-order chi connectivity index (χ1) is 43.5. The molecule has 0 heterocycles. The molecule has 0 aliphatic rings. The molecule has 0 saturated carbocycles. The van der Waals surface area contributed by atoms with Gasteiger partial charge in [0.05, 0.1) is 21.6 Å². The summed E-state index contributed by atoms with van der Waals surface area (Å²) in [5.74, 6) is -3.10. The van der Waals surface area contributed by atoms with Crippen molar-refractivity contribution >= 4 is 338 Å². The van der Waals surface area contributed by atoms with E-state index in [0.29, 0.717) is 5.56 Å². The Balaban J connectivity index is 0.000000321. The Labute approximate surface area is 614 Å². The monoisotopic (exact) mass is 1810 g/mol. The van der Waals surface area contributed by atoms with Crippen LogP contribution in [0.2, 0.25) is 0 Å². The number of nitrogens with zero attached hydrogens (tertiary/aromatic N) is 1. The van der Waals surface area contributed by atoms with Gasteiger partial charge in [0.25, 0.3) is 5.69 Å². The first-order valence-corrected chi connectivity index (χ1v) is 63.7. The van der Waals surface area contributed by atoms with Gasteiger partial charge in [-0.3, -0.25) is 10.1 Å². The Morgan fingerprint density at radius 3 is 0.831 bits per heavy atom. The van der Waals surface area contributed by atoms with Gasteiger partial charge in [-0.2, -0.15) is 0 Å². The number of carbonyl (C=O) groups excluding carboxylic acids is 4. The van der Waals surface area contributed by atoms with Crippen LogP contribution in [0.4, 0.5) is 11.4 Å². The van der Waals surface area contributed by atoms with Crippen LogP contribution in [-0.4, -0.2) is 28.8 Å². The SMILES string of the molecule is Nc1cccc(C(=O)OCc2ccccc2)c1C(=O)OCc1ccccc1.O=C(OCc1ccccc1)c1cccc([N+](=O)[O-])c1C(=O)OCc1ccccc1.S=S=S=S=S=S=S=S=S=S=S=S=S=S=S=S.S=S=S=S=S=S=S=S=S=S=S=S=S=S=S=S=S. The predicted molar refractivity (Wildman–Crippen MR) is 449 cm³/mol. The fourth-order valence-corrected chi connectivity index (χ4v) is 74.1. The van der Waals surface area contributed by atoms with Gasteiger partial charge in [-0.05, 0) is 40.5 Å². The number of esters is 4. The van der Waals surface area contributed by atoms with E-state index in [-0.39, 0.29) is 48.8 Å². The summed E-state index contributed by atoms with van der Waals surface area (Å²) in [7, 11) is 48.9. The molecule has 2 N–H and O–H groups in total. The summed E-state index contributed by atoms with van der Waals surface area (Å²) >= 11 is 18.9. The summed E-state index contributed by atoms with van der Waals surface area (Å²) in [5.41, 5.74) is 8.20. The Kier molecular flexibility index (Phi) is 52.9. The fourth-order valence-electron chi connectivity index (χ4n) is 5.52. The van der Waals surface area contributed by atoms with Crippen molar-refractivity contribution in [3.63, 3.8) is 0 Å². The lowest BCUT2D eigenvalue weighted by molar-refractivity contribution is -0.385. The van der Waals surface area contributed by atoms with Crippen molar-refractivity contribution in [1.29, 1.82) is 0 Å². The second-order valence-corrected chi connectivity index (χ2v) is 65.2. The van der Waals surface area contributed by atoms with Crippen LogP contribution in [0.25, 0.3) is 0 Å². The number of benzene rings is 6. The van der Waals surface area contributed by atoms with Crippen molar-refractivity contribution in [1.82, 2.24) is 0 Å². The summed E-state index contributed by atoms with van der Waals surface area (Å²) < 4.78 is 21.1. The topological polar surface area (TPSA) is 174 Å². The van der Waals surface area contributed by atoms with Crippen LogP contribution in [0, 0.1) is 10.1 Å². The highest BCUT2D eigenvalue weighted by Crippen LogP contribution is 2.25. The van der Waals surface area contributed by atoms with Crippen LogP contribution in [0.3, 0.4) is 0 Å². The molecule has 6 aromatic carbocycles. The number of hydrogen-bond donors (Lipinski definition) is 1. The minimum atomic E-state index is -0.965. The molecule has 0 aromatic heterocycles. The lowest BCUT2D eigenvalue weighted by Gasteiger charge is -2.12. The molecule has 6 aromatic rings. The van der Waals surface area contributed by atoms with Crippen LogP contribution >= 0.6 is 0 Å². The molecule has 0 aliphatic heterocycles. The maximum atomic E-state index is 12.6. The van der Waals surface area contributed by atoms with E-state index in [4.69, 9.17) is 69.4 Å². The highest BCUT2D eigenvalue weighted by molar-refractivity contribution is 8.78. The second kappa shape index (κ2) is 56.8. The van der Waals surface area contributed by atoms with Crippen molar-refractivity contribution in [2.45, 2.75) is 26.4 Å². The van der Waals surface area contributed by atoms with Gasteiger partial charge in [-0.15, -0.1) is 0 Å². The Morgan fingerprint density at radius 2 is 0.562 bits per heavy atom. The number of ether oxygens (including phenoxy) is 4. The molecule has 0 saturated heterocycles. The van der Waals surface area contributed by atoms with E-state index in [9.17, 15) is 29.3 Å². The molecule has 0 atom stereocenters. The molecule has 89 heavy (non-hydrogen) atoms. The molecule has 0 bridgehead atoms. The third-order valence-electron chi connectivity index (χ3n) is 8.78. The zero-order valence-corrected chi connectivity index (χ0v) is 70.4. The number of nitro groups is 1. The summed E-state index contributed by atoms with van der Waals surface area (Å²) in [5, 5.41) is 11.4. The average molecular weight is 1810 g/mol. The van der Waals surface area contributed by atoms with Crippen LogP contribution in [0.15, 0.2) is 158 Å². The van der Waals surface area contributed by atoms with Crippen LogP contribution < -0.4 is 5.73 Å². The molecular formula is C44H36N2O10S33. The number of hydrogen-bond acceptors (Lipinski definition) is 15. The van der Waals surface area contributed by atoms with E-state index in [2.05, 4.69) is 0 Å². The lowest BCUT2D eigenvalue weighted by Crippen LogP contribution is -2.16. The third kappa shape index (κ3) is 40.1. The van der Waals surface area contributed by atoms with Gasteiger partial charge < -0.3 is 24.7 Å². The van der Waals surface area contributed by atoms with Gasteiger partial charge in [0, 0.05) is 314 Å². The largest absolute Gasteiger partial charge is 0.457 e. The zero-order chi connectivity index (χ0) is 64.2. The van der Waals surface area contributed by atoms with Crippen LogP contribution in [-0.2, 0) is 348 Å². The summed E-state index contributed by atoms with van der Waals surface area (Å²) in [6.07, 6.45) is 0. The smallest absolute Gasteiger partial charge is 0.346 e. The maximum Gasteiger partial charge on any atom is 0.346 e. The number of carbonyl (C=O) groups is 4. The van der Waals surface area contributed by atoms with Gasteiger partial charge in [0.2, 0.25) is 0 Å². The van der Waals surface area contributed by atoms with E-state index in [1.807, 2.05) is 72.8 Å². The standard InChI is InChI=1S/C22H17NO6.C22H19NO4.S17.S16/c24-21(28-14-16-8-3-1-4-9-16)18-12-7-13-19(23(26)27)20(18)22(25)29-15-17-10-5-2-6-11-17;23-19-13-7-12-18(21(24)26-14-16-8-3-1-4-9-16)20(19)22(25)27-15-17-10-5-2-6-11-17;1-3-5-7-9-11-13-15-17-16-14-12-10-8-6-4-2;1-3-5-7-9-11-13-15-16-14-12-10-8-6-4-2/h1-13H,14-15H2;1-13H,14-15,23H2;;. The predicted octanol–water partition coefficient (Wildman–Crippen LogP) is 8.21. The first kappa shape index (κ1) is 82.9. The fraction of sp³-hybridized carbons (Fsp3) is 0.0909.